The summed E-state index contributed by atoms with van der Waals surface area (Å²) in [4.78, 5) is 3.64. The van der Waals surface area contributed by atoms with Crippen molar-refractivity contribution >= 4 is 10.0 Å². The van der Waals surface area contributed by atoms with Crippen molar-refractivity contribution in [2.24, 2.45) is 0 Å². The number of rotatable bonds is 6. The summed E-state index contributed by atoms with van der Waals surface area (Å²) in [7, 11) is -2.17. The molecule has 2 aromatic rings. The summed E-state index contributed by atoms with van der Waals surface area (Å²) in [5.74, 6) is -0.767. The van der Waals surface area contributed by atoms with E-state index in [1.165, 1.54) is 12.1 Å². The third-order valence-corrected chi connectivity index (χ3v) is 4.27. The second-order valence-corrected chi connectivity index (χ2v) is 6.18. The first-order valence-corrected chi connectivity index (χ1v) is 7.84. The topological polar surface area (TPSA) is 71.1 Å². The Balaban J connectivity index is 2.16. The average Bonchev–Trinajstić information content (AvgIpc) is 2.46. The lowest BCUT2D eigenvalue weighted by Gasteiger charge is -2.09. The van der Waals surface area contributed by atoms with Crippen molar-refractivity contribution in [2.45, 2.75) is 18.0 Å². The molecule has 0 aliphatic heterocycles. The maximum atomic E-state index is 13.9. The van der Waals surface area contributed by atoms with Crippen LogP contribution in [-0.4, -0.2) is 20.4 Å². The van der Waals surface area contributed by atoms with E-state index in [0.29, 0.717) is 17.8 Å². The van der Waals surface area contributed by atoms with Gasteiger partial charge < -0.3 is 5.32 Å². The molecule has 0 spiro atoms. The molecule has 0 radical (unpaired) electrons. The van der Waals surface area contributed by atoms with Gasteiger partial charge in [0.25, 0.3) is 0 Å². The molecule has 0 unspecified atom stereocenters. The fraction of sp³-hybridized carbons (Fsp3) is 0.214. The highest BCUT2D eigenvalue weighted by Gasteiger charge is 2.19. The van der Waals surface area contributed by atoms with Crippen molar-refractivity contribution in [3.8, 4) is 0 Å². The van der Waals surface area contributed by atoms with Gasteiger partial charge in [0, 0.05) is 12.7 Å². The standard InChI is InChI=1S/C14H16FN3O2S/c1-16-9-11-5-6-14(13(15)8-11)21(19,20)18-10-12-4-2-3-7-17-12/h2-8,16,18H,9-10H2,1H3. The molecule has 7 heteroatoms. The van der Waals surface area contributed by atoms with Crippen molar-refractivity contribution in [2.75, 3.05) is 7.05 Å². The minimum Gasteiger partial charge on any atom is -0.316 e. The lowest BCUT2D eigenvalue weighted by Crippen LogP contribution is -2.24. The molecule has 0 aliphatic rings. The van der Waals surface area contributed by atoms with Gasteiger partial charge in [-0.1, -0.05) is 12.1 Å². The monoisotopic (exact) mass is 309 g/mol. The Hall–Kier alpha value is -1.83. The van der Waals surface area contributed by atoms with Gasteiger partial charge in [0.05, 0.1) is 12.2 Å². The van der Waals surface area contributed by atoms with E-state index in [4.69, 9.17) is 0 Å². The highest BCUT2D eigenvalue weighted by molar-refractivity contribution is 7.89. The molecular formula is C14H16FN3O2S. The summed E-state index contributed by atoms with van der Waals surface area (Å²) >= 11 is 0. The minimum absolute atomic E-state index is 0.0148. The Bertz CT molecular complexity index is 705. The Morgan fingerprint density at radius 2 is 2.00 bits per heavy atom. The summed E-state index contributed by atoms with van der Waals surface area (Å²) < 4.78 is 40.5. The quantitative estimate of drug-likeness (QED) is 0.846. The van der Waals surface area contributed by atoms with Gasteiger partial charge in [-0.3, -0.25) is 4.98 Å². The normalized spacial score (nSPS) is 11.5. The van der Waals surface area contributed by atoms with Gasteiger partial charge in [0.2, 0.25) is 10.0 Å². The zero-order chi connectivity index (χ0) is 15.3. The van der Waals surface area contributed by atoms with E-state index in [1.807, 2.05) is 0 Å². The van der Waals surface area contributed by atoms with Crippen LogP contribution >= 0.6 is 0 Å². The second-order valence-electron chi connectivity index (χ2n) is 4.44. The summed E-state index contributed by atoms with van der Waals surface area (Å²) in [6.07, 6.45) is 1.57. The predicted octanol–water partition coefficient (Wildman–Crippen LogP) is 1.42. The zero-order valence-electron chi connectivity index (χ0n) is 11.5. The molecule has 0 bridgehead atoms. The molecule has 1 heterocycles. The molecular weight excluding hydrogens is 293 g/mol. The maximum Gasteiger partial charge on any atom is 0.243 e. The second kappa shape index (κ2) is 6.75. The summed E-state index contributed by atoms with van der Waals surface area (Å²) in [6, 6.07) is 9.24. The van der Waals surface area contributed by atoms with Crippen molar-refractivity contribution in [3.05, 3.63) is 59.7 Å². The van der Waals surface area contributed by atoms with Crippen LogP contribution < -0.4 is 10.0 Å². The Kier molecular flexibility index (Phi) is 5.00. The van der Waals surface area contributed by atoms with E-state index >= 15 is 0 Å². The van der Waals surface area contributed by atoms with Crippen LogP contribution in [0.2, 0.25) is 0 Å². The fourth-order valence-corrected chi connectivity index (χ4v) is 2.88. The number of halogens is 1. The van der Waals surface area contributed by atoms with Crippen LogP contribution in [0.4, 0.5) is 4.39 Å². The van der Waals surface area contributed by atoms with Crippen LogP contribution in [-0.2, 0) is 23.1 Å². The van der Waals surface area contributed by atoms with Crippen LogP contribution in [0.1, 0.15) is 11.3 Å². The molecule has 1 aromatic heterocycles. The molecule has 5 nitrogen and oxygen atoms in total. The number of nitrogens with zero attached hydrogens (tertiary/aromatic N) is 1. The van der Waals surface area contributed by atoms with E-state index in [1.54, 1.807) is 37.5 Å². The Labute approximate surface area is 123 Å². The number of hydrogen-bond acceptors (Lipinski definition) is 4. The van der Waals surface area contributed by atoms with Gasteiger partial charge in [0.15, 0.2) is 0 Å². The maximum absolute atomic E-state index is 13.9. The van der Waals surface area contributed by atoms with Gasteiger partial charge in [-0.25, -0.2) is 17.5 Å². The first-order valence-electron chi connectivity index (χ1n) is 6.35. The number of sulfonamides is 1. The first-order chi connectivity index (χ1) is 10.0. The Morgan fingerprint density at radius 3 is 2.62 bits per heavy atom. The Morgan fingerprint density at radius 1 is 1.19 bits per heavy atom. The zero-order valence-corrected chi connectivity index (χ0v) is 12.3. The van der Waals surface area contributed by atoms with Crippen LogP contribution in [0.25, 0.3) is 0 Å². The largest absolute Gasteiger partial charge is 0.316 e. The summed E-state index contributed by atoms with van der Waals surface area (Å²) in [5, 5.41) is 2.88. The number of benzene rings is 1. The van der Waals surface area contributed by atoms with E-state index < -0.39 is 15.8 Å². The van der Waals surface area contributed by atoms with Crippen molar-refractivity contribution in [1.82, 2.24) is 15.0 Å². The molecule has 0 saturated carbocycles. The van der Waals surface area contributed by atoms with Gasteiger partial charge in [-0.05, 0) is 36.9 Å². The van der Waals surface area contributed by atoms with Crippen LogP contribution in [0, 0.1) is 5.82 Å². The van der Waals surface area contributed by atoms with Gasteiger partial charge in [-0.2, -0.15) is 0 Å². The summed E-state index contributed by atoms with van der Waals surface area (Å²) in [6.45, 7) is 0.486. The lowest BCUT2D eigenvalue weighted by atomic mass is 10.2. The van der Waals surface area contributed by atoms with Crippen LogP contribution in [0.3, 0.4) is 0 Å². The van der Waals surface area contributed by atoms with Gasteiger partial charge in [0.1, 0.15) is 10.7 Å². The SMILES string of the molecule is CNCc1ccc(S(=O)(=O)NCc2ccccn2)c(F)c1. The highest BCUT2D eigenvalue weighted by atomic mass is 32.2. The van der Waals surface area contributed by atoms with E-state index in [0.717, 1.165) is 0 Å². The summed E-state index contributed by atoms with van der Waals surface area (Å²) in [5.41, 5.74) is 1.24. The van der Waals surface area contributed by atoms with Gasteiger partial charge in [-0.15, -0.1) is 0 Å². The van der Waals surface area contributed by atoms with Crippen LogP contribution in [0.15, 0.2) is 47.5 Å². The average molecular weight is 309 g/mol. The third-order valence-electron chi connectivity index (χ3n) is 2.84. The van der Waals surface area contributed by atoms with Crippen LogP contribution in [0.5, 0.6) is 0 Å². The van der Waals surface area contributed by atoms with E-state index in [2.05, 4.69) is 15.0 Å². The molecule has 112 valence electrons. The van der Waals surface area contributed by atoms with Crippen molar-refractivity contribution in [3.63, 3.8) is 0 Å². The molecule has 1 aromatic carbocycles. The highest BCUT2D eigenvalue weighted by Crippen LogP contribution is 2.16. The fourth-order valence-electron chi connectivity index (χ4n) is 1.83. The molecule has 21 heavy (non-hydrogen) atoms. The first kappa shape index (κ1) is 15.6. The number of nitrogens with one attached hydrogen (secondary N) is 2. The molecule has 2 N–H and O–H groups in total. The molecule has 2 rings (SSSR count). The van der Waals surface area contributed by atoms with Gasteiger partial charge >= 0.3 is 0 Å². The minimum atomic E-state index is -3.91. The third kappa shape index (κ3) is 4.07. The molecule has 0 amide bonds. The number of hydrogen-bond donors (Lipinski definition) is 2. The van der Waals surface area contributed by atoms with E-state index in [9.17, 15) is 12.8 Å². The molecule has 0 aliphatic carbocycles. The smallest absolute Gasteiger partial charge is 0.243 e. The molecule has 0 saturated heterocycles. The number of pyridine rings is 1. The lowest BCUT2D eigenvalue weighted by molar-refractivity contribution is 0.555. The van der Waals surface area contributed by atoms with E-state index in [-0.39, 0.29) is 11.4 Å². The molecule has 0 fully saturated rings. The predicted molar refractivity (Wildman–Crippen MR) is 77.4 cm³/mol. The molecule has 0 atom stereocenters. The van der Waals surface area contributed by atoms with Crippen molar-refractivity contribution < 1.29 is 12.8 Å². The number of aromatic nitrogens is 1. The van der Waals surface area contributed by atoms with Crippen molar-refractivity contribution in [1.29, 1.82) is 0 Å².